The second kappa shape index (κ2) is 41.8. The van der Waals surface area contributed by atoms with Crippen molar-refractivity contribution in [2.24, 2.45) is 0 Å². The maximum absolute atomic E-state index is 8.58. The fourth-order valence-corrected chi connectivity index (χ4v) is 12.1. The summed E-state index contributed by atoms with van der Waals surface area (Å²) in [5.41, 5.74) is 0. The second-order valence-electron chi connectivity index (χ2n) is 11.1. The average Bonchev–Trinajstić information content (AvgIpc) is 2.89. The molecule has 0 amide bonds. The molecule has 0 bridgehead atoms. The van der Waals surface area contributed by atoms with Crippen LogP contribution >= 0.6 is 0 Å². The number of unbranched alkanes of at least 4 members (excludes halogenated alkanes) is 20. The van der Waals surface area contributed by atoms with Crippen molar-refractivity contribution in [2.45, 2.75) is 200 Å². The number of hydrogen-bond acceptors (Lipinski definition) is 4. The zero-order chi connectivity index (χ0) is 29.7. The summed E-state index contributed by atoms with van der Waals surface area (Å²) < 4.78 is 6.58. The van der Waals surface area contributed by atoms with Gasteiger partial charge in [-0.3, -0.25) is 0 Å². The Bertz CT molecular complexity index is 365. The van der Waals surface area contributed by atoms with Crippen LogP contribution < -0.4 is 19.2 Å². The molecular formula is C32H68O4SiSn2. The molecule has 0 aromatic rings. The van der Waals surface area contributed by atoms with Crippen molar-refractivity contribution in [2.75, 3.05) is 0 Å². The summed E-state index contributed by atoms with van der Waals surface area (Å²) in [6.07, 6.45) is 35.7. The third-order valence-corrected chi connectivity index (χ3v) is 14.9. The van der Waals surface area contributed by atoms with Crippen molar-refractivity contribution in [3.05, 3.63) is 0 Å². The molecule has 4 nitrogen and oxygen atoms in total. The van der Waals surface area contributed by atoms with Gasteiger partial charge in [0.1, 0.15) is 0 Å². The number of hydrogen-bond donors (Lipinski definition) is 0. The van der Waals surface area contributed by atoms with Crippen molar-refractivity contribution in [1.29, 1.82) is 0 Å². The van der Waals surface area contributed by atoms with Gasteiger partial charge >= 0.3 is 242 Å². The largest absolute Gasteiger partial charge is 0.894 e. The summed E-state index contributed by atoms with van der Waals surface area (Å²) in [6, 6.07) is 0. The normalized spacial score (nSPS) is 10.7. The van der Waals surface area contributed by atoms with Crippen molar-refractivity contribution in [3.63, 3.8) is 0 Å². The van der Waals surface area contributed by atoms with Gasteiger partial charge in [0.05, 0.1) is 0 Å². The summed E-state index contributed by atoms with van der Waals surface area (Å²) in [6.45, 7) is 9.19. The van der Waals surface area contributed by atoms with E-state index in [4.69, 9.17) is 19.2 Å². The average molecular weight is 782 g/mol. The summed E-state index contributed by atoms with van der Waals surface area (Å²) in [4.78, 5) is 34.3. The second-order valence-corrected chi connectivity index (χ2v) is 20.6. The topological polar surface area (TPSA) is 92.2 Å². The van der Waals surface area contributed by atoms with Gasteiger partial charge in [0.2, 0.25) is 0 Å². The quantitative estimate of drug-likeness (QED) is 0.0613. The first kappa shape index (κ1) is 45.1. The monoisotopic (exact) mass is 784 g/mol. The minimum absolute atomic E-state index is 0.0377. The summed E-state index contributed by atoms with van der Waals surface area (Å²) in [5.74, 6) is 0. The smallest absolute Gasteiger partial charge is 0.426 e. The van der Waals surface area contributed by atoms with Crippen LogP contribution in [0.2, 0.25) is 17.7 Å². The molecule has 0 heterocycles. The Hall–Kier alpha value is 1.65. The molecule has 0 aliphatic heterocycles. The van der Waals surface area contributed by atoms with Crippen LogP contribution in [-0.2, 0) is 0 Å². The van der Waals surface area contributed by atoms with E-state index in [1.165, 1.54) is 141 Å². The molecule has 39 heavy (non-hydrogen) atoms. The van der Waals surface area contributed by atoms with Gasteiger partial charge in [-0.1, -0.05) is 0 Å². The molecule has 0 N–H and O–H groups in total. The van der Waals surface area contributed by atoms with Crippen LogP contribution in [0.3, 0.4) is 0 Å². The van der Waals surface area contributed by atoms with E-state index >= 15 is 0 Å². The fraction of sp³-hybridized carbons (Fsp3) is 1.00. The molecule has 0 unspecified atom stereocenters. The molecule has 0 saturated carbocycles. The van der Waals surface area contributed by atoms with E-state index in [0.29, 0.717) is 0 Å². The maximum atomic E-state index is 8.58. The summed E-state index contributed by atoms with van der Waals surface area (Å²) in [5, 5.41) is 0. The molecule has 232 valence electrons. The molecule has 0 aromatic carbocycles. The minimum Gasteiger partial charge on any atom is -0.894 e. The van der Waals surface area contributed by atoms with E-state index in [2.05, 4.69) is 27.7 Å². The number of rotatable bonds is 28. The first-order valence-electron chi connectivity index (χ1n) is 17.1. The van der Waals surface area contributed by atoms with Gasteiger partial charge in [-0.05, 0) is 0 Å². The zero-order valence-corrected chi connectivity index (χ0v) is 33.6. The van der Waals surface area contributed by atoms with Crippen LogP contribution in [0.1, 0.15) is 182 Å². The maximum Gasteiger partial charge on any atom is -0.426 e. The zero-order valence-electron chi connectivity index (χ0n) is 26.9. The molecule has 0 rings (SSSR count). The van der Waals surface area contributed by atoms with Crippen LogP contribution in [0.5, 0.6) is 0 Å². The third-order valence-electron chi connectivity index (χ3n) is 6.83. The Morgan fingerprint density at radius 3 is 0.718 bits per heavy atom. The Morgan fingerprint density at radius 1 is 0.308 bits per heavy atom. The first-order chi connectivity index (χ1) is 18.8. The van der Waals surface area contributed by atoms with Crippen molar-refractivity contribution >= 4 is 51.3 Å². The van der Waals surface area contributed by atoms with E-state index in [1.807, 2.05) is 0 Å². The van der Waals surface area contributed by atoms with Gasteiger partial charge < -0.3 is 28.2 Å². The van der Waals surface area contributed by atoms with Crippen LogP contribution in [0.15, 0.2) is 0 Å². The van der Waals surface area contributed by atoms with Gasteiger partial charge in [-0.2, -0.15) is 0 Å². The molecule has 0 aromatic heterocycles. The Kier molecular flexibility index (Phi) is 48.3. The van der Waals surface area contributed by atoms with Crippen molar-refractivity contribution < 1.29 is 19.2 Å². The Morgan fingerprint density at radius 2 is 0.487 bits per heavy atom. The van der Waals surface area contributed by atoms with Crippen LogP contribution in [0, 0.1) is 0 Å². The summed E-state index contributed by atoms with van der Waals surface area (Å²) >= 11 is 0.187. The predicted molar refractivity (Wildman–Crippen MR) is 170 cm³/mol. The molecule has 0 atom stereocenters. The molecule has 0 fully saturated rings. The van der Waals surface area contributed by atoms with E-state index < -0.39 is 9.05 Å². The minimum atomic E-state index is -5.61. The van der Waals surface area contributed by atoms with Crippen LogP contribution in [0.4, 0.5) is 0 Å². The van der Waals surface area contributed by atoms with Crippen molar-refractivity contribution in [1.82, 2.24) is 0 Å². The fourth-order valence-electron chi connectivity index (χ4n) is 4.33. The molecule has 0 spiro atoms. The van der Waals surface area contributed by atoms with E-state index in [-0.39, 0.29) is 42.3 Å². The van der Waals surface area contributed by atoms with E-state index in [9.17, 15) is 0 Å². The van der Waals surface area contributed by atoms with Crippen LogP contribution in [-0.4, -0.2) is 51.3 Å². The summed E-state index contributed by atoms with van der Waals surface area (Å²) in [7, 11) is -5.61. The van der Waals surface area contributed by atoms with Crippen molar-refractivity contribution in [3.8, 4) is 0 Å². The van der Waals surface area contributed by atoms with Gasteiger partial charge in [-0.15, -0.1) is 0 Å². The molecule has 0 saturated heterocycles. The third kappa shape index (κ3) is 63.9. The van der Waals surface area contributed by atoms with Gasteiger partial charge in [0.25, 0.3) is 0 Å². The van der Waals surface area contributed by atoms with E-state index in [1.54, 1.807) is 30.6 Å². The molecule has 0 aliphatic rings. The molecule has 0 radical (unpaired) electrons. The Labute approximate surface area is 268 Å². The van der Waals surface area contributed by atoms with Gasteiger partial charge in [0.15, 0.2) is 0 Å². The Balaban J connectivity index is -0.000000755. The van der Waals surface area contributed by atoms with Gasteiger partial charge in [-0.25, -0.2) is 0 Å². The van der Waals surface area contributed by atoms with E-state index in [0.717, 1.165) is 0 Å². The molecule has 0 aliphatic carbocycles. The standard InChI is InChI=1S/2C12H25.2C4H9.O4Si.2Sn/c2*1-3-5-7-9-11-12-10-8-6-4-2;2*1-3-4-2;1-5(2,3)4;;/h2*1,3-12H2,2H3;2*1,3-4H2,2H3;;;/q;;;;-4;2*+2. The van der Waals surface area contributed by atoms with Crippen LogP contribution in [0.25, 0.3) is 0 Å². The SMILES string of the molecule is CCCCCCCCCCC[CH2][Sn+2][CH2]CCCCCCCCCCC.CCC[CH2][Sn+2][CH2]CCC.[O-][Si]([O-])([O-])[O-]. The first-order valence-corrected chi connectivity index (χ1v) is 26.8. The molecular weight excluding hydrogens is 714 g/mol. The van der Waals surface area contributed by atoms with Gasteiger partial charge in [0, 0.05) is 0 Å². The predicted octanol–water partition coefficient (Wildman–Crippen LogP) is 7.36. The molecule has 7 heteroatoms.